The van der Waals surface area contributed by atoms with Gasteiger partial charge in [-0.1, -0.05) is 5.57 Å². The van der Waals surface area contributed by atoms with Gasteiger partial charge in [0.25, 0.3) is 0 Å². The van der Waals surface area contributed by atoms with Gasteiger partial charge in [0, 0.05) is 19.0 Å². The summed E-state index contributed by atoms with van der Waals surface area (Å²) in [5, 5.41) is 0. The van der Waals surface area contributed by atoms with Gasteiger partial charge in [0.2, 0.25) is 0 Å². The summed E-state index contributed by atoms with van der Waals surface area (Å²) < 4.78 is 6.54. The highest BCUT2D eigenvalue weighted by Crippen LogP contribution is 2.71. The van der Waals surface area contributed by atoms with Crippen molar-refractivity contribution in [2.45, 2.75) is 77.7 Å². The SMILES string of the molecule is CC(C)=C(C)C1(OC(=O)N2CCCCC2)CC2CC1C1C3CCC(C3)C21. The van der Waals surface area contributed by atoms with E-state index in [1.165, 1.54) is 43.3 Å². The molecule has 4 bridgehead atoms. The average molecular weight is 358 g/mol. The molecule has 3 heteroatoms. The molecule has 144 valence electrons. The van der Waals surface area contributed by atoms with Crippen LogP contribution in [0.1, 0.15) is 72.1 Å². The second kappa shape index (κ2) is 6.01. The second-order valence-electron chi connectivity index (χ2n) is 10.2. The molecule has 5 rings (SSSR count). The monoisotopic (exact) mass is 357 g/mol. The van der Waals surface area contributed by atoms with E-state index < -0.39 is 0 Å². The van der Waals surface area contributed by atoms with E-state index in [0.717, 1.165) is 61.9 Å². The zero-order chi connectivity index (χ0) is 18.1. The maximum absolute atomic E-state index is 13.1. The Labute approximate surface area is 158 Å². The summed E-state index contributed by atoms with van der Waals surface area (Å²) in [6, 6.07) is 0. The number of carbonyl (C=O) groups is 1. The van der Waals surface area contributed by atoms with E-state index in [1.807, 2.05) is 4.90 Å². The van der Waals surface area contributed by atoms with Crippen LogP contribution in [-0.2, 0) is 4.74 Å². The van der Waals surface area contributed by atoms with Crippen molar-refractivity contribution in [3.05, 3.63) is 11.1 Å². The van der Waals surface area contributed by atoms with Crippen LogP contribution in [-0.4, -0.2) is 29.7 Å². The summed E-state index contributed by atoms with van der Waals surface area (Å²) >= 11 is 0. The molecule has 26 heavy (non-hydrogen) atoms. The standard InChI is InChI=1S/C23H35NO2/c1-14(2)15(3)23(26-22(25)24-9-5-4-6-10-24)13-18-12-19(23)21-17-8-7-16(11-17)20(18)21/h16-21H,4-13H2,1-3H3. The van der Waals surface area contributed by atoms with Crippen LogP contribution in [0.3, 0.4) is 0 Å². The predicted molar refractivity (Wildman–Crippen MR) is 103 cm³/mol. The number of piperidine rings is 1. The van der Waals surface area contributed by atoms with Crippen LogP contribution < -0.4 is 0 Å². The van der Waals surface area contributed by atoms with Crippen LogP contribution in [0.2, 0.25) is 0 Å². The summed E-state index contributed by atoms with van der Waals surface area (Å²) in [6.45, 7) is 8.43. The lowest BCUT2D eigenvalue weighted by Gasteiger charge is -2.47. The fourth-order valence-electron chi connectivity index (χ4n) is 7.92. The van der Waals surface area contributed by atoms with E-state index >= 15 is 0 Å². The molecule has 5 fully saturated rings. The van der Waals surface area contributed by atoms with E-state index in [9.17, 15) is 4.79 Å². The van der Waals surface area contributed by atoms with Crippen molar-refractivity contribution in [3.8, 4) is 0 Å². The van der Waals surface area contributed by atoms with Crippen LogP contribution in [0, 0.1) is 35.5 Å². The highest BCUT2D eigenvalue weighted by atomic mass is 16.6. The zero-order valence-corrected chi connectivity index (χ0v) is 16.8. The van der Waals surface area contributed by atoms with Gasteiger partial charge in [0.05, 0.1) is 0 Å². The molecule has 4 aliphatic carbocycles. The Morgan fingerprint density at radius 3 is 2.31 bits per heavy atom. The van der Waals surface area contributed by atoms with Gasteiger partial charge in [-0.25, -0.2) is 4.79 Å². The summed E-state index contributed by atoms with van der Waals surface area (Å²) in [6.07, 6.45) is 10.2. The number of hydrogen-bond acceptors (Lipinski definition) is 2. The first kappa shape index (κ1) is 17.1. The Hall–Kier alpha value is -0.990. The second-order valence-corrected chi connectivity index (χ2v) is 10.2. The van der Waals surface area contributed by atoms with E-state index in [0.29, 0.717) is 5.92 Å². The van der Waals surface area contributed by atoms with Gasteiger partial charge in [-0.05, 0) is 107 Å². The molecule has 0 aromatic heterocycles. The molecule has 1 aliphatic heterocycles. The normalized spacial score (nSPS) is 45.7. The van der Waals surface area contributed by atoms with Gasteiger partial charge in [0.15, 0.2) is 0 Å². The Morgan fingerprint density at radius 2 is 1.62 bits per heavy atom. The van der Waals surface area contributed by atoms with Crippen molar-refractivity contribution < 1.29 is 9.53 Å². The van der Waals surface area contributed by atoms with Crippen molar-refractivity contribution >= 4 is 6.09 Å². The Morgan fingerprint density at radius 1 is 0.923 bits per heavy atom. The van der Waals surface area contributed by atoms with Crippen LogP contribution in [0.25, 0.3) is 0 Å². The number of ether oxygens (including phenoxy) is 1. The molecular formula is C23H35NO2. The van der Waals surface area contributed by atoms with E-state index in [2.05, 4.69) is 20.8 Å². The summed E-state index contributed by atoms with van der Waals surface area (Å²) in [5.41, 5.74) is 2.41. The lowest BCUT2D eigenvalue weighted by atomic mass is 9.63. The molecule has 0 aromatic rings. The van der Waals surface area contributed by atoms with Gasteiger partial charge in [-0.2, -0.15) is 0 Å². The molecule has 1 amide bonds. The number of rotatable bonds is 2. The Bertz CT molecular complexity index is 630. The maximum Gasteiger partial charge on any atom is 0.410 e. The highest BCUT2D eigenvalue weighted by Gasteiger charge is 2.69. The number of likely N-dealkylation sites (tertiary alicyclic amines) is 1. The van der Waals surface area contributed by atoms with Gasteiger partial charge < -0.3 is 9.64 Å². The van der Waals surface area contributed by atoms with Crippen molar-refractivity contribution in [1.82, 2.24) is 4.90 Å². The van der Waals surface area contributed by atoms with Crippen molar-refractivity contribution in [2.75, 3.05) is 13.1 Å². The van der Waals surface area contributed by atoms with Crippen LogP contribution in [0.4, 0.5) is 4.79 Å². The summed E-state index contributed by atoms with van der Waals surface area (Å²) in [7, 11) is 0. The number of carbonyl (C=O) groups excluding carboxylic acids is 1. The van der Waals surface area contributed by atoms with E-state index in [1.54, 1.807) is 0 Å². The average Bonchev–Trinajstić information content (AvgIpc) is 3.40. The molecular weight excluding hydrogens is 322 g/mol. The lowest BCUT2D eigenvalue weighted by Crippen LogP contribution is -2.51. The minimum Gasteiger partial charge on any atom is -0.438 e. The molecule has 0 spiro atoms. The maximum atomic E-state index is 13.1. The Kier molecular flexibility index (Phi) is 3.96. The molecule has 1 saturated heterocycles. The zero-order valence-electron chi connectivity index (χ0n) is 16.8. The number of allylic oxidation sites excluding steroid dienone is 1. The molecule has 4 saturated carbocycles. The fourth-order valence-corrected chi connectivity index (χ4v) is 7.92. The number of amides is 1. The lowest BCUT2D eigenvalue weighted by molar-refractivity contribution is -0.0608. The first-order valence-electron chi connectivity index (χ1n) is 11.1. The third-order valence-electron chi connectivity index (χ3n) is 9.05. The van der Waals surface area contributed by atoms with E-state index in [-0.39, 0.29) is 11.7 Å². The molecule has 1 heterocycles. The summed E-state index contributed by atoms with van der Waals surface area (Å²) in [4.78, 5) is 15.1. The molecule has 3 nitrogen and oxygen atoms in total. The van der Waals surface area contributed by atoms with Crippen molar-refractivity contribution in [1.29, 1.82) is 0 Å². The Balaban J connectivity index is 1.45. The minimum absolute atomic E-state index is 0.0300. The van der Waals surface area contributed by atoms with Crippen molar-refractivity contribution in [2.24, 2.45) is 35.5 Å². The highest BCUT2D eigenvalue weighted by molar-refractivity contribution is 5.69. The van der Waals surface area contributed by atoms with Crippen LogP contribution >= 0.6 is 0 Å². The summed E-state index contributed by atoms with van der Waals surface area (Å²) in [5.74, 6) is 5.06. The molecule has 0 N–H and O–H groups in total. The van der Waals surface area contributed by atoms with Gasteiger partial charge in [-0.3, -0.25) is 0 Å². The first-order chi connectivity index (χ1) is 12.5. The molecule has 7 atom stereocenters. The predicted octanol–water partition coefficient (Wildman–Crippen LogP) is 5.41. The minimum atomic E-state index is -0.302. The third kappa shape index (κ3) is 2.27. The molecule has 5 aliphatic rings. The van der Waals surface area contributed by atoms with E-state index in [4.69, 9.17) is 4.74 Å². The largest absolute Gasteiger partial charge is 0.438 e. The van der Waals surface area contributed by atoms with Gasteiger partial charge in [-0.15, -0.1) is 0 Å². The number of hydrogen-bond donors (Lipinski definition) is 0. The molecule has 0 aromatic carbocycles. The topological polar surface area (TPSA) is 29.5 Å². The van der Waals surface area contributed by atoms with Crippen LogP contribution in [0.5, 0.6) is 0 Å². The molecule has 0 radical (unpaired) electrons. The fraction of sp³-hybridized carbons (Fsp3) is 0.870. The van der Waals surface area contributed by atoms with Crippen molar-refractivity contribution in [3.63, 3.8) is 0 Å². The van der Waals surface area contributed by atoms with Gasteiger partial charge in [0.1, 0.15) is 5.60 Å². The number of nitrogens with zero attached hydrogens (tertiary/aromatic N) is 1. The number of fused-ring (bicyclic) bond motifs is 9. The first-order valence-corrected chi connectivity index (χ1v) is 11.1. The quantitative estimate of drug-likeness (QED) is 0.489. The van der Waals surface area contributed by atoms with Crippen LogP contribution in [0.15, 0.2) is 11.1 Å². The van der Waals surface area contributed by atoms with Gasteiger partial charge >= 0.3 is 6.09 Å². The third-order valence-corrected chi connectivity index (χ3v) is 9.05. The smallest absolute Gasteiger partial charge is 0.410 e. The molecule has 7 unspecified atom stereocenters.